The van der Waals surface area contributed by atoms with Crippen LogP contribution in [0.4, 0.5) is 0 Å². The van der Waals surface area contributed by atoms with Gasteiger partial charge in [0.2, 0.25) is 0 Å². The number of carboxylic acids is 1. The van der Waals surface area contributed by atoms with E-state index in [0.717, 1.165) is 0 Å². The molecule has 100 valence electrons. The maximum Gasteiger partial charge on any atom is 1.00 e. The molecule has 0 saturated heterocycles. The van der Waals surface area contributed by atoms with Crippen molar-refractivity contribution in [3.63, 3.8) is 0 Å². The average Bonchev–Trinajstić information content (AvgIpc) is 2.40. The summed E-state index contributed by atoms with van der Waals surface area (Å²) in [5, 5.41) is 10.8. The van der Waals surface area contributed by atoms with Crippen LogP contribution in [0.1, 0.15) is 18.2 Å². The van der Waals surface area contributed by atoms with E-state index in [4.69, 9.17) is 9.15 Å². The fourth-order valence-electron chi connectivity index (χ4n) is 1.88. The minimum Gasteiger partial charge on any atom is -0.546 e. The molecule has 0 aliphatic rings. The van der Waals surface area contributed by atoms with Crippen LogP contribution in [0.3, 0.4) is 0 Å². The van der Waals surface area contributed by atoms with E-state index in [-0.39, 0.29) is 56.8 Å². The Labute approximate surface area is 158 Å². The van der Waals surface area contributed by atoms with Gasteiger partial charge in [0.15, 0.2) is 5.43 Å². The second kappa shape index (κ2) is 7.37. The molecule has 0 fully saturated rings. The van der Waals surface area contributed by atoms with Gasteiger partial charge in [-0.05, 0) is 19.1 Å². The van der Waals surface area contributed by atoms with Crippen LogP contribution in [0.2, 0.25) is 0 Å². The SMILES string of the molecule is CCc1oc2cc(OCC(=O)[O-])ccc2c(=O)c1C.[K+]. The van der Waals surface area contributed by atoms with Crippen molar-refractivity contribution in [3.8, 4) is 5.75 Å². The Hall–Kier alpha value is -0.664. The average molecular weight is 300 g/mol. The molecule has 0 atom stereocenters. The number of carbonyl (C=O) groups excluding carboxylic acids is 1. The minimum absolute atomic E-state index is 0. The summed E-state index contributed by atoms with van der Waals surface area (Å²) in [6.07, 6.45) is 0.612. The molecule has 1 aromatic heterocycles. The molecule has 1 heterocycles. The van der Waals surface area contributed by atoms with Crippen LogP contribution >= 0.6 is 0 Å². The molecule has 1 aromatic carbocycles. The number of rotatable bonds is 4. The van der Waals surface area contributed by atoms with Crippen LogP contribution in [0.5, 0.6) is 5.75 Å². The smallest absolute Gasteiger partial charge is 0.546 e. The van der Waals surface area contributed by atoms with Crippen molar-refractivity contribution in [3.05, 3.63) is 39.7 Å². The van der Waals surface area contributed by atoms with Gasteiger partial charge in [-0.2, -0.15) is 0 Å². The number of aryl methyl sites for hydroxylation is 1. The van der Waals surface area contributed by atoms with Crippen molar-refractivity contribution in [2.75, 3.05) is 6.61 Å². The molecule has 0 saturated carbocycles. The monoisotopic (exact) mass is 300 g/mol. The Balaban J connectivity index is 0.00000200. The summed E-state index contributed by atoms with van der Waals surface area (Å²) in [6.45, 7) is 3.08. The Kier molecular flexibility index (Phi) is 6.41. The standard InChI is InChI=1S/C14H14O5.K/c1-3-11-8(2)14(17)10-5-4-9(6-12(10)19-11)18-7-13(15)16;/h4-6H,3,7H2,1-2H3,(H,15,16);/q;+1/p-1. The van der Waals surface area contributed by atoms with Gasteiger partial charge in [0.1, 0.15) is 23.7 Å². The van der Waals surface area contributed by atoms with Crippen LogP contribution in [-0.4, -0.2) is 12.6 Å². The van der Waals surface area contributed by atoms with Crippen LogP contribution in [0.25, 0.3) is 11.0 Å². The molecule has 0 aliphatic heterocycles. The van der Waals surface area contributed by atoms with Crippen molar-refractivity contribution >= 4 is 16.9 Å². The zero-order valence-electron chi connectivity index (χ0n) is 11.7. The molecule has 2 rings (SSSR count). The number of hydrogen-bond acceptors (Lipinski definition) is 5. The predicted octanol–water partition coefficient (Wildman–Crippen LogP) is -2.20. The number of carboxylic acid groups (broad SMARTS) is 1. The van der Waals surface area contributed by atoms with Gasteiger partial charge >= 0.3 is 51.4 Å². The van der Waals surface area contributed by atoms with E-state index in [9.17, 15) is 14.7 Å². The molecule has 20 heavy (non-hydrogen) atoms. The number of ether oxygens (including phenoxy) is 1. The first-order chi connectivity index (χ1) is 9.02. The van der Waals surface area contributed by atoms with Gasteiger partial charge in [0.05, 0.1) is 11.4 Å². The molecule has 0 bridgehead atoms. The summed E-state index contributed by atoms with van der Waals surface area (Å²) in [4.78, 5) is 22.4. The number of hydrogen-bond donors (Lipinski definition) is 0. The third-order valence-corrected chi connectivity index (χ3v) is 2.87. The predicted molar refractivity (Wildman–Crippen MR) is 67.1 cm³/mol. The fraction of sp³-hybridized carbons (Fsp3) is 0.286. The zero-order chi connectivity index (χ0) is 14.0. The van der Waals surface area contributed by atoms with Gasteiger partial charge in [-0.25, -0.2) is 0 Å². The Morgan fingerprint density at radius 3 is 2.70 bits per heavy atom. The quantitative estimate of drug-likeness (QED) is 0.599. The van der Waals surface area contributed by atoms with E-state index in [1.807, 2.05) is 6.92 Å². The first-order valence-corrected chi connectivity index (χ1v) is 5.92. The van der Waals surface area contributed by atoms with Gasteiger partial charge in [0, 0.05) is 18.1 Å². The molecule has 6 heteroatoms. The summed E-state index contributed by atoms with van der Waals surface area (Å²) in [5.74, 6) is -0.361. The molecule has 0 N–H and O–H groups in total. The molecule has 5 nitrogen and oxygen atoms in total. The number of benzene rings is 1. The number of carbonyl (C=O) groups is 1. The van der Waals surface area contributed by atoms with E-state index >= 15 is 0 Å². The molecule has 0 spiro atoms. The van der Waals surface area contributed by atoms with Gasteiger partial charge in [-0.1, -0.05) is 6.92 Å². The second-order valence-electron chi connectivity index (χ2n) is 4.15. The molecular formula is C14H13KO5. The largest absolute Gasteiger partial charge is 1.00 e. The Bertz CT molecular complexity index is 690. The van der Waals surface area contributed by atoms with Gasteiger partial charge in [-0.15, -0.1) is 0 Å². The molecule has 0 amide bonds. The van der Waals surface area contributed by atoms with Crippen LogP contribution in [-0.2, 0) is 11.2 Å². The van der Waals surface area contributed by atoms with Crippen molar-refractivity contribution in [2.24, 2.45) is 0 Å². The summed E-state index contributed by atoms with van der Waals surface area (Å²) < 4.78 is 10.6. The number of aliphatic carboxylic acids is 1. The fourth-order valence-corrected chi connectivity index (χ4v) is 1.88. The summed E-state index contributed by atoms with van der Waals surface area (Å²) in [6, 6.07) is 4.61. The molecule has 0 aliphatic carbocycles. The molecule has 0 radical (unpaired) electrons. The summed E-state index contributed by atoms with van der Waals surface area (Å²) in [5.41, 5.74) is 0.909. The maximum atomic E-state index is 12.1. The van der Waals surface area contributed by atoms with Crippen LogP contribution in [0, 0.1) is 6.92 Å². The van der Waals surface area contributed by atoms with E-state index in [1.165, 1.54) is 12.1 Å². The normalized spacial score (nSPS) is 10.1. The maximum absolute atomic E-state index is 12.1. The van der Waals surface area contributed by atoms with Crippen LogP contribution < -0.4 is 66.7 Å². The van der Waals surface area contributed by atoms with E-state index in [1.54, 1.807) is 13.0 Å². The van der Waals surface area contributed by atoms with Crippen LogP contribution in [0.15, 0.2) is 27.4 Å². The Morgan fingerprint density at radius 1 is 1.40 bits per heavy atom. The summed E-state index contributed by atoms with van der Waals surface area (Å²) >= 11 is 0. The number of fused-ring (bicyclic) bond motifs is 1. The third kappa shape index (κ3) is 3.71. The van der Waals surface area contributed by atoms with E-state index < -0.39 is 12.6 Å². The zero-order valence-corrected chi connectivity index (χ0v) is 14.8. The van der Waals surface area contributed by atoms with Crippen molar-refractivity contribution in [1.82, 2.24) is 0 Å². The van der Waals surface area contributed by atoms with Gasteiger partial charge in [0.25, 0.3) is 0 Å². The minimum atomic E-state index is -1.31. The summed E-state index contributed by atoms with van der Waals surface area (Å²) in [7, 11) is 0. The van der Waals surface area contributed by atoms with Gasteiger partial charge < -0.3 is 19.1 Å². The third-order valence-electron chi connectivity index (χ3n) is 2.87. The second-order valence-corrected chi connectivity index (χ2v) is 4.15. The Morgan fingerprint density at radius 2 is 2.10 bits per heavy atom. The van der Waals surface area contributed by atoms with Crippen molar-refractivity contribution in [1.29, 1.82) is 0 Å². The van der Waals surface area contributed by atoms with Gasteiger partial charge in [-0.3, -0.25) is 4.79 Å². The topological polar surface area (TPSA) is 79.6 Å². The van der Waals surface area contributed by atoms with E-state index in [2.05, 4.69) is 0 Å². The molecule has 0 unspecified atom stereocenters. The van der Waals surface area contributed by atoms with E-state index in [0.29, 0.717) is 34.5 Å². The first kappa shape index (κ1) is 17.4. The van der Waals surface area contributed by atoms with Crippen molar-refractivity contribution in [2.45, 2.75) is 20.3 Å². The molecular weight excluding hydrogens is 287 g/mol. The first-order valence-electron chi connectivity index (χ1n) is 5.92. The molecule has 2 aromatic rings. The van der Waals surface area contributed by atoms with Crippen molar-refractivity contribution < 1.29 is 70.4 Å².